The van der Waals surface area contributed by atoms with Gasteiger partial charge >= 0.3 is 0 Å². The third-order valence-electron chi connectivity index (χ3n) is 5.20. The van der Waals surface area contributed by atoms with Gasteiger partial charge in [-0.25, -0.2) is 0 Å². The molecule has 5 heteroatoms. The molecule has 0 radical (unpaired) electrons. The van der Waals surface area contributed by atoms with Gasteiger partial charge in [-0.1, -0.05) is 49.7 Å². The number of carbonyl (C=O) groups is 2. The number of ether oxygens (including phenoxy) is 1. The standard InChI is InChI=1S/C23H25NO4/c1-13(2)15-7-9-16(10-8-15)20-19(22(26)23(27)24(20)4)21(25)17-12-14(3)6-11-18(17)28-5/h6-13,20,25H,1-5H3/b21-19+. The summed E-state index contributed by atoms with van der Waals surface area (Å²) in [7, 11) is 3.08. The summed E-state index contributed by atoms with van der Waals surface area (Å²) in [4.78, 5) is 26.5. The molecule has 5 nitrogen and oxygen atoms in total. The summed E-state index contributed by atoms with van der Waals surface area (Å²) < 4.78 is 5.35. The maximum absolute atomic E-state index is 12.7. The molecule has 1 saturated heterocycles. The Labute approximate surface area is 165 Å². The molecule has 0 aliphatic carbocycles. The van der Waals surface area contributed by atoms with Gasteiger partial charge in [-0.15, -0.1) is 0 Å². The average molecular weight is 379 g/mol. The van der Waals surface area contributed by atoms with E-state index in [-0.39, 0.29) is 11.3 Å². The number of methoxy groups -OCH3 is 1. The van der Waals surface area contributed by atoms with E-state index >= 15 is 0 Å². The Bertz CT molecular complexity index is 957. The van der Waals surface area contributed by atoms with Crippen LogP contribution in [0.15, 0.2) is 48.0 Å². The van der Waals surface area contributed by atoms with Crippen LogP contribution in [-0.4, -0.2) is 35.9 Å². The number of nitrogens with zero attached hydrogens (tertiary/aromatic N) is 1. The average Bonchev–Trinajstić information content (AvgIpc) is 2.91. The van der Waals surface area contributed by atoms with Crippen LogP contribution < -0.4 is 4.74 Å². The van der Waals surface area contributed by atoms with Crippen molar-refractivity contribution in [1.82, 2.24) is 4.90 Å². The molecule has 1 aliphatic rings. The molecule has 1 unspecified atom stereocenters. The number of likely N-dealkylation sites (N-methyl/N-ethyl adjacent to an activating group) is 1. The summed E-state index contributed by atoms with van der Waals surface area (Å²) in [6.07, 6.45) is 0. The molecule has 1 atom stereocenters. The maximum atomic E-state index is 12.7. The number of aliphatic hydroxyl groups excluding tert-OH is 1. The van der Waals surface area contributed by atoms with Crippen molar-refractivity contribution < 1.29 is 19.4 Å². The van der Waals surface area contributed by atoms with Crippen LogP contribution in [0, 0.1) is 6.92 Å². The van der Waals surface area contributed by atoms with E-state index in [0.717, 1.165) is 16.7 Å². The second-order valence-electron chi connectivity index (χ2n) is 7.44. The lowest BCUT2D eigenvalue weighted by Gasteiger charge is -2.22. The van der Waals surface area contributed by atoms with E-state index in [4.69, 9.17) is 4.74 Å². The van der Waals surface area contributed by atoms with Crippen LogP contribution in [0.1, 0.15) is 48.1 Å². The number of carbonyl (C=O) groups excluding carboxylic acids is 2. The summed E-state index contributed by atoms with van der Waals surface area (Å²) in [6, 6.07) is 12.5. The zero-order valence-electron chi connectivity index (χ0n) is 16.8. The predicted molar refractivity (Wildman–Crippen MR) is 108 cm³/mol. The lowest BCUT2D eigenvalue weighted by molar-refractivity contribution is -0.139. The van der Waals surface area contributed by atoms with E-state index < -0.39 is 17.7 Å². The molecule has 1 fully saturated rings. The van der Waals surface area contributed by atoms with Gasteiger partial charge in [0.1, 0.15) is 11.5 Å². The molecule has 1 aliphatic heterocycles. The van der Waals surface area contributed by atoms with Crippen LogP contribution in [0.25, 0.3) is 5.76 Å². The van der Waals surface area contributed by atoms with Gasteiger partial charge in [-0.05, 0) is 36.1 Å². The fraction of sp³-hybridized carbons (Fsp3) is 0.304. The molecule has 28 heavy (non-hydrogen) atoms. The maximum Gasteiger partial charge on any atom is 0.295 e. The van der Waals surface area contributed by atoms with Gasteiger partial charge in [-0.2, -0.15) is 0 Å². The first kappa shape index (κ1) is 19.7. The number of amides is 1. The smallest absolute Gasteiger partial charge is 0.295 e. The first-order valence-electron chi connectivity index (χ1n) is 9.25. The van der Waals surface area contributed by atoms with Gasteiger partial charge in [0.15, 0.2) is 0 Å². The minimum atomic E-state index is -0.693. The van der Waals surface area contributed by atoms with Crippen LogP contribution in [0.5, 0.6) is 5.75 Å². The molecule has 0 spiro atoms. The largest absolute Gasteiger partial charge is 0.507 e. The first-order chi connectivity index (χ1) is 13.3. The van der Waals surface area contributed by atoms with Crippen LogP contribution in [0.4, 0.5) is 0 Å². The minimum absolute atomic E-state index is 0.0775. The van der Waals surface area contributed by atoms with Gasteiger partial charge in [0, 0.05) is 7.05 Å². The fourth-order valence-corrected chi connectivity index (χ4v) is 3.55. The summed E-state index contributed by atoms with van der Waals surface area (Å²) in [5.41, 5.74) is 3.33. The van der Waals surface area contributed by atoms with Gasteiger partial charge in [-0.3, -0.25) is 9.59 Å². The molecule has 146 valence electrons. The topological polar surface area (TPSA) is 66.8 Å². The highest BCUT2D eigenvalue weighted by Crippen LogP contribution is 2.40. The number of ketones is 1. The highest BCUT2D eigenvalue weighted by atomic mass is 16.5. The number of hydrogen-bond donors (Lipinski definition) is 1. The highest BCUT2D eigenvalue weighted by Gasteiger charge is 2.44. The molecular formula is C23H25NO4. The molecule has 1 amide bonds. The Balaban J connectivity index is 2.18. The molecule has 2 aromatic rings. The van der Waals surface area contributed by atoms with Crippen molar-refractivity contribution in [3.8, 4) is 5.75 Å². The fourth-order valence-electron chi connectivity index (χ4n) is 3.55. The van der Waals surface area contributed by atoms with Crippen molar-refractivity contribution in [2.24, 2.45) is 0 Å². The third kappa shape index (κ3) is 3.28. The second-order valence-corrected chi connectivity index (χ2v) is 7.44. The summed E-state index contributed by atoms with van der Waals surface area (Å²) in [5, 5.41) is 11.0. The molecule has 1 N–H and O–H groups in total. The number of benzene rings is 2. The van der Waals surface area contributed by atoms with Crippen molar-refractivity contribution in [2.45, 2.75) is 32.7 Å². The lowest BCUT2D eigenvalue weighted by atomic mass is 9.93. The van der Waals surface area contributed by atoms with Crippen molar-refractivity contribution in [1.29, 1.82) is 0 Å². The Kier molecular flexibility index (Phi) is 5.27. The number of likely N-dealkylation sites (tertiary alicyclic amines) is 1. The van der Waals surface area contributed by atoms with Crippen LogP contribution >= 0.6 is 0 Å². The SMILES string of the molecule is COc1ccc(C)cc1/C(O)=C1\C(=O)C(=O)N(C)C1c1ccc(C(C)C)cc1. The zero-order chi connectivity index (χ0) is 20.6. The van der Waals surface area contributed by atoms with E-state index in [9.17, 15) is 14.7 Å². The van der Waals surface area contributed by atoms with Crippen LogP contribution in [-0.2, 0) is 9.59 Å². The number of aryl methyl sites for hydroxylation is 1. The van der Waals surface area contributed by atoms with Crippen molar-refractivity contribution in [2.75, 3.05) is 14.2 Å². The summed E-state index contributed by atoms with van der Waals surface area (Å²) in [5.74, 6) is -0.730. The van der Waals surface area contributed by atoms with E-state index in [2.05, 4.69) is 13.8 Å². The van der Waals surface area contributed by atoms with Gasteiger partial charge in [0.05, 0.1) is 24.3 Å². The Morgan fingerprint density at radius 2 is 1.75 bits per heavy atom. The van der Waals surface area contributed by atoms with E-state index in [0.29, 0.717) is 17.2 Å². The van der Waals surface area contributed by atoms with Gasteiger partial charge in [0.2, 0.25) is 0 Å². The third-order valence-corrected chi connectivity index (χ3v) is 5.20. The quantitative estimate of drug-likeness (QED) is 0.492. The monoisotopic (exact) mass is 379 g/mol. The lowest BCUT2D eigenvalue weighted by Crippen LogP contribution is -2.24. The predicted octanol–water partition coefficient (Wildman–Crippen LogP) is 4.18. The molecule has 0 aromatic heterocycles. The van der Waals surface area contributed by atoms with E-state index in [1.807, 2.05) is 37.3 Å². The molecule has 1 heterocycles. The van der Waals surface area contributed by atoms with Crippen molar-refractivity contribution in [3.05, 3.63) is 70.3 Å². The van der Waals surface area contributed by atoms with Crippen molar-refractivity contribution >= 4 is 17.4 Å². The Morgan fingerprint density at radius 1 is 1.11 bits per heavy atom. The number of aliphatic hydroxyl groups is 1. The molecule has 0 saturated carbocycles. The second kappa shape index (κ2) is 7.50. The van der Waals surface area contributed by atoms with Gasteiger partial charge in [0.25, 0.3) is 11.7 Å². The zero-order valence-corrected chi connectivity index (χ0v) is 16.8. The van der Waals surface area contributed by atoms with Gasteiger partial charge < -0.3 is 14.7 Å². The van der Waals surface area contributed by atoms with Crippen LogP contribution in [0.2, 0.25) is 0 Å². The summed E-state index contributed by atoms with van der Waals surface area (Å²) >= 11 is 0. The Hall–Kier alpha value is -3.08. The first-order valence-corrected chi connectivity index (χ1v) is 9.25. The number of hydrogen-bond acceptors (Lipinski definition) is 4. The summed E-state index contributed by atoms with van der Waals surface area (Å²) in [6.45, 7) is 6.09. The number of Topliss-reactive ketones (excluding diaryl/α,β-unsaturated/α-hetero) is 1. The molecule has 0 bridgehead atoms. The molecule has 3 rings (SSSR count). The van der Waals surface area contributed by atoms with Crippen molar-refractivity contribution in [3.63, 3.8) is 0 Å². The normalized spacial score (nSPS) is 18.8. The number of rotatable bonds is 4. The highest BCUT2D eigenvalue weighted by molar-refractivity contribution is 6.46. The molecule has 2 aromatic carbocycles. The van der Waals surface area contributed by atoms with Crippen LogP contribution in [0.3, 0.4) is 0 Å². The molecular weight excluding hydrogens is 354 g/mol. The Morgan fingerprint density at radius 3 is 2.32 bits per heavy atom. The van der Waals surface area contributed by atoms with E-state index in [1.54, 1.807) is 19.2 Å². The van der Waals surface area contributed by atoms with E-state index in [1.165, 1.54) is 12.0 Å². The minimum Gasteiger partial charge on any atom is -0.507 e.